The van der Waals surface area contributed by atoms with Crippen LogP contribution >= 0.6 is 0 Å². The average molecular weight is 344 g/mol. The Labute approximate surface area is 141 Å². The maximum atomic E-state index is 13.5. The lowest BCUT2D eigenvalue weighted by molar-refractivity contribution is 0.251. The summed E-state index contributed by atoms with van der Waals surface area (Å²) in [4.78, 5) is 19.8. The summed E-state index contributed by atoms with van der Waals surface area (Å²) in [7, 11) is 0. The summed E-state index contributed by atoms with van der Waals surface area (Å²) in [6, 6.07) is 4.43. The van der Waals surface area contributed by atoms with Crippen LogP contribution in [0.1, 0.15) is 0 Å². The number of carbonyl (C=O) groups excluding carboxylic acids is 1. The predicted molar refractivity (Wildman–Crippen MR) is 86.6 cm³/mol. The molecule has 0 aliphatic carbocycles. The van der Waals surface area contributed by atoms with E-state index >= 15 is 0 Å². The quantitative estimate of drug-likeness (QED) is 0.744. The van der Waals surface area contributed by atoms with Gasteiger partial charge < -0.3 is 10.6 Å². The number of hydrogen-bond donors (Lipinski definition) is 2. The van der Waals surface area contributed by atoms with Crippen LogP contribution in [-0.2, 0) is 6.54 Å². The highest BCUT2D eigenvalue weighted by atomic mass is 19.1. The van der Waals surface area contributed by atoms with Gasteiger partial charge in [-0.3, -0.25) is 14.6 Å². The molecule has 0 fully saturated rings. The Morgan fingerprint density at radius 3 is 2.64 bits per heavy atom. The Kier molecular flexibility index (Phi) is 4.93. The van der Waals surface area contributed by atoms with E-state index in [1.165, 1.54) is 6.07 Å². The average Bonchev–Trinajstić information content (AvgIpc) is 3.08. The number of aromatic nitrogens is 4. The fraction of sp³-hybridized carbons (Fsp3) is 0.125. The second-order valence-corrected chi connectivity index (χ2v) is 5.03. The molecule has 0 radical (unpaired) electrons. The van der Waals surface area contributed by atoms with Gasteiger partial charge in [0.2, 0.25) is 0 Å². The lowest BCUT2D eigenvalue weighted by atomic mass is 10.3. The molecular formula is C16H14F2N6O. The number of nitrogens with one attached hydrogen (secondary N) is 2. The van der Waals surface area contributed by atoms with Crippen LogP contribution in [0, 0.1) is 11.6 Å². The van der Waals surface area contributed by atoms with Crippen LogP contribution in [0.25, 0.3) is 11.4 Å². The number of nitrogens with zero attached hydrogens (tertiary/aromatic N) is 4. The van der Waals surface area contributed by atoms with E-state index in [4.69, 9.17) is 0 Å². The number of hydrogen-bond acceptors (Lipinski definition) is 4. The molecule has 0 aliphatic heterocycles. The number of para-hydroxylation sites is 1. The van der Waals surface area contributed by atoms with Crippen LogP contribution in [0.2, 0.25) is 0 Å². The SMILES string of the molecule is O=C(NCCn1ccc(-c2cnccn2)n1)Nc1c(F)cccc1F. The first-order chi connectivity index (χ1) is 12.1. The molecule has 0 bridgehead atoms. The van der Waals surface area contributed by atoms with Crippen LogP contribution in [0.4, 0.5) is 19.3 Å². The summed E-state index contributed by atoms with van der Waals surface area (Å²) in [5.74, 6) is -1.67. The van der Waals surface area contributed by atoms with Crippen molar-refractivity contribution in [2.45, 2.75) is 6.54 Å². The van der Waals surface area contributed by atoms with Crippen molar-refractivity contribution >= 4 is 11.7 Å². The molecule has 2 N–H and O–H groups in total. The van der Waals surface area contributed by atoms with Gasteiger partial charge in [0.05, 0.1) is 12.7 Å². The van der Waals surface area contributed by atoms with Gasteiger partial charge in [0, 0.05) is 25.1 Å². The van der Waals surface area contributed by atoms with Gasteiger partial charge >= 0.3 is 6.03 Å². The highest BCUT2D eigenvalue weighted by Gasteiger charge is 2.11. The van der Waals surface area contributed by atoms with Crippen molar-refractivity contribution in [2.75, 3.05) is 11.9 Å². The zero-order chi connectivity index (χ0) is 17.6. The number of rotatable bonds is 5. The number of halogens is 2. The summed E-state index contributed by atoms with van der Waals surface area (Å²) in [6.07, 6.45) is 6.48. The third-order valence-corrected chi connectivity index (χ3v) is 3.29. The summed E-state index contributed by atoms with van der Waals surface area (Å²) in [5.41, 5.74) is 0.817. The van der Waals surface area contributed by atoms with Gasteiger partial charge in [-0.05, 0) is 18.2 Å². The van der Waals surface area contributed by atoms with Crippen molar-refractivity contribution in [2.24, 2.45) is 0 Å². The van der Waals surface area contributed by atoms with Crippen LogP contribution < -0.4 is 10.6 Å². The van der Waals surface area contributed by atoms with Crippen molar-refractivity contribution in [3.8, 4) is 11.4 Å². The monoisotopic (exact) mass is 344 g/mol. The van der Waals surface area contributed by atoms with E-state index < -0.39 is 23.4 Å². The normalized spacial score (nSPS) is 10.5. The molecule has 128 valence electrons. The summed E-state index contributed by atoms with van der Waals surface area (Å²) in [6.45, 7) is 0.608. The first-order valence-electron chi connectivity index (χ1n) is 7.42. The van der Waals surface area contributed by atoms with E-state index in [1.54, 1.807) is 35.5 Å². The van der Waals surface area contributed by atoms with Gasteiger partial charge in [-0.15, -0.1) is 0 Å². The van der Waals surface area contributed by atoms with E-state index in [1.807, 2.05) is 0 Å². The first-order valence-corrected chi connectivity index (χ1v) is 7.42. The van der Waals surface area contributed by atoms with Gasteiger partial charge in [0.15, 0.2) is 0 Å². The van der Waals surface area contributed by atoms with E-state index in [0.29, 0.717) is 17.9 Å². The van der Waals surface area contributed by atoms with Crippen molar-refractivity contribution in [3.05, 3.63) is 60.7 Å². The van der Waals surface area contributed by atoms with Gasteiger partial charge in [0.1, 0.15) is 28.7 Å². The highest BCUT2D eigenvalue weighted by Crippen LogP contribution is 2.17. The number of anilines is 1. The molecule has 0 saturated carbocycles. The summed E-state index contributed by atoms with van der Waals surface area (Å²) < 4.78 is 28.5. The zero-order valence-electron chi connectivity index (χ0n) is 13.0. The maximum Gasteiger partial charge on any atom is 0.319 e. The maximum absolute atomic E-state index is 13.5. The Balaban J connectivity index is 1.51. The molecule has 2 aromatic heterocycles. The molecule has 3 aromatic rings. The Hall–Kier alpha value is -3.36. The van der Waals surface area contributed by atoms with Crippen LogP contribution in [0.15, 0.2) is 49.1 Å². The van der Waals surface area contributed by atoms with E-state index in [0.717, 1.165) is 12.1 Å². The second kappa shape index (κ2) is 7.47. The summed E-state index contributed by atoms with van der Waals surface area (Å²) >= 11 is 0. The minimum absolute atomic E-state index is 0.226. The third kappa shape index (κ3) is 4.14. The zero-order valence-corrected chi connectivity index (χ0v) is 13.0. The van der Waals surface area contributed by atoms with E-state index in [9.17, 15) is 13.6 Å². The molecule has 2 heterocycles. The Bertz CT molecular complexity index is 848. The fourth-order valence-corrected chi connectivity index (χ4v) is 2.11. The number of urea groups is 1. The second-order valence-electron chi connectivity index (χ2n) is 5.03. The lowest BCUT2D eigenvalue weighted by Gasteiger charge is -2.09. The highest BCUT2D eigenvalue weighted by molar-refractivity contribution is 5.89. The molecule has 0 spiro atoms. The number of amides is 2. The Morgan fingerprint density at radius 2 is 1.92 bits per heavy atom. The smallest absolute Gasteiger partial charge is 0.319 e. The van der Waals surface area contributed by atoms with Crippen molar-refractivity contribution in [1.29, 1.82) is 0 Å². The largest absolute Gasteiger partial charge is 0.336 e. The molecule has 1 aromatic carbocycles. The molecule has 0 unspecified atom stereocenters. The lowest BCUT2D eigenvalue weighted by Crippen LogP contribution is -2.32. The number of benzene rings is 1. The molecule has 7 nitrogen and oxygen atoms in total. The van der Waals surface area contributed by atoms with Gasteiger partial charge in [-0.25, -0.2) is 13.6 Å². The summed E-state index contributed by atoms with van der Waals surface area (Å²) in [5, 5.41) is 8.97. The fourth-order valence-electron chi connectivity index (χ4n) is 2.11. The van der Waals surface area contributed by atoms with Gasteiger partial charge in [-0.1, -0.05) is 6.07 Å². The van der Waals surface area contributed by atoms with Crippen molar-refractivity contribution in [3.63, 3.8) is 0 Å². The van der Waals surface area contributed by atoms with Gasteiger partial charge in [0.25, 0.3) is 0 Å². The first kappa shape index (κ1) is 16.5. The minimum Gasteiger partial charge on any atom is -0.336 e. The molecule has 25 heavy (non-hydrogen) atoms. The topological polar surface area (TPSA) is 84.7 Å². The van der Waals surface area contributed by atoms with Crippen LogP contribution in [-0.4, -0.2) is 32.3 Å². The molecule has 3 rings (SSSR count). The molecule has 0 aliphatic rings. The standard InChI is InChI=1S/C16H14F2N6O/c17-11-2-1-3-12(18)15(11)22-16(25)21-7-9-24-8-4-13(23-24)14-10-19-5-6-20-14/h1-6,8,10H,7,9H2,(H2,21,22,25). The molecular weight excluding hydrogens is 330 g/mol. The third-order valence-electron chi connectivity index (χ3n) is 3.29. The van der Waals surface area contributed by atoms with Crippen LogP contribution in [0.5, 0.6) is 0 Å². The molecule has 2 amide bonds. The molecule has 0 atom stereocenters. The van der Waals surface area contributed by atoms with E-state index in [2.05, 4.69) is 25.7 Å². The van der Waals surface area contributed by atoms with E-state index in [-0.39, 0.29) is 6.54 Å². The van der Waals surface area contributed by atoms with Gasteiger partial charge in [-0.2, -0.15) is 5.10 Å². The minimum atomic E-state index is -0.837. The Morgan fingerprint density at radius 1 is 1.12 bits per heavy atom. The number of carbonyl (C=O) groups is 1. The molecule has 0 saturated heterocycles. The van der Waals surface area contributed by atoms with Crippen LogP contribution in [0.3, 0.4) is 0 Å². The predicted octanol–water partition coefficient (Wildman–Crippen LogP) is 2.44. The van der Waals surface area contributed by atoms with Crippen molar-refractivity contribution < 1.29 is 13.6 Å². The molecule has 9 heteroatoms. The van der Waals surface area contributed by atoms with Crippen molar-refractivity contribution in [1.82, 2.24) is 25.1 Å².